The summed E-state index contributed by atoms with van der Waals surface area (Å²) in [5, 5.41) is 10.7. The van der Waals surface area contributed by atoms with Gasteiger partial charge in [-0.1, -0.05) is 66.7 Å². The molecule has 1 N–H and O–H groups in total. The maximum atomic E-state index is 10.7. The minimum atomic E-state index is -0.826. The molecule has 0 amide bonds. The van der Waals surface area contributed by atoms with Crippen molar-refractivity contribution in [2.24, 2.45) is 0 Å². The van der Waals surface area contributed by atoms with Gasteiger partial charge in [0.15, 0.2) is 6.29 Å². The van der Waals surface area contributed by atoms with Gasteiger partial charge in [-0.25, -0.2) is 0 Å². The fourth-order valence-electron chi connectivity index (χ4n) is 3.18. The Kier molecular flexibility index (Phi) is 7.77. The number of ether oxygens (including phenoxy) is 4. The molecule has 0 bridgehead atoms. The van der Waals surface area contributed by atoms with Crippen molar-refractivity contribution in [3.05, 3.63) is 84.4 Å². The van der Waals surface area contributed by atoms with Crippen molar-refractivity contribution >= 4 is 0 Å². The van der Waals surface area contributed by atoms with E-state index in [1.807, 2.05) is 60.7 Å². The molecule has 1 heterocycles. The number of hydrogen-bond donors (Lipinski definition) is 1. The molecule has 150 valence electrons. The zero-order valence-electron chi connectivity index (χ0n) is 16.1. The highest BCUT2D eigenvalue weighted by Gasteiger charge is 2.45. The van der Waals surface area contributed by atoms with Gasteiger partial charge in [-0.3, -0.25) is 0 Å². The van der Waals surface area contributed by atoms with Gasteiger partial charge in [0, 0.05) is 0 Å². The number of rotatable bonds is 9. The Bertz CT molecular complexity index is 705. The van der Waals surface area contributed by atoms with Crippen LogP contribution in [-0.2, 0) is 32.2 Å². The standard InChI is InChI=1S/C23H28O5/c1-3-14-25-23-22(27-16-19-12-8-5-9-13-19)21(20(24)17(2)28-23)26-15-18-10-6-4-7-11-18/h3-13,17,20-24H,1,14-16H2,2H3. The molecule has 1 aliphatic heterocycles. The Morgan fingerprint density at radius 1 is 0.893 bits per heavy atom. The molecular formula is C23H28O5. The van der Waals surface area contributed by atoms with Gasteiger partial charge in [-0.05, 0) is 18.1 Å². The van der Waals surface area contributed by atoms with Crippen LogP contribution >= 0.6 is 0 Å². The van der Waals surface area contributed by atoms with Gasteiger partial charge in [0.05, 0.1) is 25.9 Å². The monoisotopic (exact) mass is 384 g/mol. The lowest BCUT2D eigenvalue weighted by molar-refractivity contribution is -0.310. The Hall–Kier alpha value is -2.02. The van der Waals surface area contributed by atoms with Gasteiger partial charge >= 0.3 is 0 Å². The van der Waals surface area contributed by atoms with E-state index in [0.29, 0.717) is 19.8 Å². The summed E-state index contributed by atoms with van der Waals surface area (Å²) in [5.41, 5.74) is 2.05. The first-order valence-corrected chi connectivity index (χ1v) is 9.56. The lowest BCUT2D eigenvalue weighted by Gasteiger charge is -2.43. The Labute approximate surface area is 166 Å². The molecule has 0 spiro atoms. The highest BCUT2D eigenvalue weighted by molar-refractivity contribution is 5.14. The fourth-order valence-corrected chi connectivity index (χ4v) is 3.18. The van der Waals surface area contributed by atoms with Crippen LogP contribution in [0.4, 0.5) is 0 Å². The first-order chi connectivity index (χ1) is 13.7. The van der Waals surface area contributed by atoms with Crippen LogP contribution in [0, 0.1) is 0 Å². The van der Waals surface area contributed by atoms with Gasteiger partial charge in [0.25, 0.3) is 0 Å². The van der Waals surface area contributed by atoms with Crippen molar-refractivity contribution < 1.29 is 24.1 Å². The lowest BCUT2D eigenvalue weighted by Crippen LogP contribution is -2.59. The van der Waals surface area contributed by atoms with E-state index in [2.05, 4.69) is 6.58 Å². The highest BCUT2D eigenvalue weighted by atomic mass is 16.7. The molecule has 1 fully saturated rings. The molecule has 5 unspecified atom stereocenters. The first kappa shape index (κ1) is 20.7. The molecule has 2 aromatic rings. The molecule has 1 aliphatic rings. The second-order valence-electron chi connectivity index (χ2n) is 6.84. The Morgan fingerprint density at radius 2 is 1.43 bits per heavy atom. The summed E-state index contributed by atoms with van der Waals surface area (Å²) in [6.07, 6.45) is -1.41. The summed E-state index contributed by atoms with van der Waals surface area (Å²) in [7, 11) is 0. The van der Waals surface area contributed by atoms with E-state index in [4.69, 9.17) is 18.9 Å². The molecule has 0 aliphatic carbocycles. The minimum Gasteiger partial charge on any atom is -0.388 e. The third-order valence-electron chi connectivity index (χ3n) is 4.71. The van der Waals surface area contributed by atoms with Gasteiger partial charge in [0.1, 0.15) is 18.3 Å². The van der Waals surface area contributed by atoms with E-state index >= 15 is 0 Å². The maximum Gasteiger partial charge on any atom is 0.187 e. The molecule has 28 heavy (non-hydrogen) atoms. The van der Waals surface area contributed by atoms with Gasteiger partial charge in [-0.15, -0.1) is 6.58 Å². The van der Waals surface area contributed by atoms with Crippen LogP contribution in [0.3, 0.4) is 0 Å². The molecule has 5 atom stereocenters. The summed E-state index contributed by atoms with van der Waals surface area (Å²) < 4.78 is 23.9. The predicted octanol–water partition coefficient (Wildman–Crippen LogP) is 3.47. The summed E-state index contributed by atoms with van der Waals surface area (Å²) >= 11 is 0. The molecule has 0 radical (unpaired) electrons. The molecule has 3 rings (SSSR count). The molecule has 2 aromatic carbocycles. The molecule has 0 saturated carbocycles. The van der Waals surface area contributed by atoms with Crippen molar-refractivity contribution in [3.63, 3.8) is 0 Å². The zero-order valence-corrected chi connectivity index (χ0v) is 16.1. The number of benzene rings is 2. The van der Waals surface area contributed by atoms with Crippen molar-refractivity contribution in [3.8, 4) is 0 Å². The molecule has 5 nitrogen and oxygen atoms in total. The summed E-state index contributed by atoms with van der Waals surface area (Å²) in [5.74, 6) is 0. The Balaban J connectivity index is 1.74. The second kappa shape index (κ2) is 10.5. The van der Waals surface area contributed by atoms with E-state index in [0.717, 1.165) is 11.1 Å². The van der Waals surface area contributed by atoms with Gasteiger partial charge < -0.3 is 24.1 Å². The summed E-state index contributed by atoms with van der Waals surface area (Å²) in [6.45, 7) is 6.56. The normalized spacial score (nSPS) is 27.4. The fraction of sp³-hybridized carbons (Fsp3) is 0.391. The molecular weight excluding hydrogens is 356 g/mol. The number of hydrogen-bond acceptors (Lipinski definition) is 5. The van der Waals surface area contributed by atoms with Crippen molar-refractivity contribution in [1.82, 2.24) is 0 Å². The van der Waals surface area contributed by atoms with Crippen LogP contribution in [-0.4, -0.2) is 42.4 Å². The average molecular weight is 384 g/mol. The maximum absolute atomic E-state index is 10.7. The number of aliphatic hydroxyl groups excluding tert-OH is 1. The third-order valence-corrected chi connectivity index (χ3v) is 4.71. The Morgan fingerprint density at radius 3 is 1.96 bits per heavy atom. The lowest BCUT2D eigenvalue weighted by atomic mass is 9.99. The van der Waals surface area contributed by atoms with Crippen LogP contribution in [0.1, 0.15) is 18.1 Å². The largest absolute Gasteiger partial charge is 0.388 e. The molecule has 0 aromatic heterocycles. The molecule has 1 saturated heterocycles. The first-order valence-electron chi connectivity index (χ1n) is 9.56. The van der Waals surface area contributed by atoms with Gasteiger partial charge in [0.2, 0.25) is 0 Å². The van der Waals surface area contributed by atoms with Crippen molar-refractivity contribution in [1.29, 1.82) is 0 Å². The van der Waals surface area contributed by atoms with E-state index in [-0.39, 0.29) is 0 Å². The summed E-state index contributed by atoms with van der Waals surface area (Å²) in [4.78, 5) is 0. The van der Waals surface area contributed by atoms with Crippen LogP contribution in [0.25, 0.3) is 0 Å². The smallest absolute Gasteiger partial charge is 0.187 e. The third kappa shape index (κ3) is 5.50. The van der Waals surface area contributed by atoms with Crippen LogP contribution < -0.4 is 0 Å². The SMILES string of the molecule is C=CCOC1OC(C)C(O)C(OCc2ccccc2)C1OCc1ccccc1. The van der Waals surface area contributed by atoms with E-state index in [1.165, 1.54) is 0 Å². The van der Waals surface area contributed by atoms with Crippen LogP contribution in [0.5, 0.6) is 0 Å². The van der Waals surface area contributed by atoms with Gasteiger partial charge in [-0.2, -0.15) is 0 Å². The molecule has 5 heteroatoms. The minimum absolute atomic E-state index is 0.323. The topological polar surface area (TPSA) is 57.2 Å². The quantitative estimate of drug-likeness (QED) is 0.671. The van der Waals surface area contributed by atoms with E-state index in [1.54, 1.807) is 13.0 Å². The average Bonchev–Trinajstić information content (AvgIpc) is 2.74. The zero-order chi connectivity index (χ0) is 19.8. The van der Waals surface area contributed by atoms with Crippen LogP contribution in [0.2, 0.25) is 0 Å². The highest BCUT2D eigenvalue weighted by Crippen LogP contribution is 2.28. The second-order valence-corrected chi connectivity index (χ2v) is 6.84. The summed E-state index contributed by atoms with van der Waals surface area (Å²) in [6, 6.07) is 19.7. The predicted molar refractivity (Wildman–Crippen MR) is 107 cm³/mol. The van der Waals surface area contributed by atoms with E-state index < -0.39 is 30.7 Å². The van der Waals surface area contributed by atoms with Crippen LogP contribution in [0.15, 0.2) is 73.3 Å². The van der Waals surface area contributed by atoms with E-state index in [9.17, 15) is 5.11 Å². The van der Waals surface area contributed by atoms with Crippen molar-refractivity contribution in [2.45, 2.75) is 50.8 Å². The number of aliphatic hydroxyl groups is 1. The van der Waals surface area contributed by atoms with Crippen molar-refractivity contribution in [2.75, 3.05) is 6.61 Å².